The summed E-state index contributed by atoms with van der Waals surface area (Å²) >= 11 is 0. The summed E-state index contributed by atoms with van der Waals surface area (Å²) in [7, 11) is 0. The number of hydrogen-bond donors (Lipinski definition) is 0. The summed E-state index contributed by atoms with van der Waals surface area (Å²) in [5.74, 6) is 0.698. The van der Waals surface area contributed by atoms with Gasteiger partial charge in [-0.15, -0.1) is 0 Å². The van der Waals surface area contributed by atoms with E-state index in [-0.39, 0.29) is 0 Å². The van der Waals surface area contributed by atoms with E-state index in [1.807, 2.05) is 30.5 Å². The molecule has 4 aromatic carbocycles. The van der Waals surface area contributed by atoms with Crippen molar-refractivity contribution in [2.45, 2.75) is 6.42 Å². The van der Waals surface area contributed by atoms with Gasteiger partial charge in [0.25, 0.3) is 0 Å². The molecule has 0 amide bonds. The summed E-state index contributed by atoms with van der Waals surface area (Å²) in [5.41, 5.74) is 11.0. The quantitative estimate of drug-likeness (QED) is 0.227. The number of pyridine rings is 2. The van der Waals surface area contributed by atoms with E-state index in [0.29, 0.717) is 5.82 Å². The first kappa shape index (κ1) is 23.1. The van der Waals surface area contributed by atoms with Crippen LogP contribution in [0.25, 0.3) is 78.5 Å². The molecule has 0 spiro atoms. The van der Waals surface area contributed by atoms with Crippen LogP contribution in [-0.2, 0) is 6.42 Å². The number of allylic oxidation sites excluding steroid dienone is 1. The Balaban J connectivity index is 1.26. The predicted octanol–water partition coefficient (Wildman–Crippen LogP) is 8.55. The van der Waals surface area contributed by atoms with Crippen LogP contribution in [0.4, 0.5) is 0 Å². The smallest absolute Gasteiger partial charge is 0.165 e. The maximum Gasteiger partial charge on any atom is 0.165 e. The molecule has 0 unspecified atom stereocenters. The highest BCUT2D eigenvalue weighted by Crippen LogP contribution is 2.37. The molecule has 42 heavy (non-hydrogen) atoms. The van der Waals surface area contributed by atoms with Crippen molar-refractivity contribution < 1.29 is 0 Å². The van der Waals surface area contributed by atoms with Crippen molar-refractivity contribution >= 4 is 44.6 Å². The Morgan fingerprint density at radius 2 is 1.43 bits per heavy atom. The summed E-state index contributed by atoms with van der Waals surface area (Å²) in [6.07, 6.45) is 7.25. The van der Waals surface area contributed by atoms with Crippen LogP contribution in [-0.4, -0.2) is 24.3 Å². The number of imidazole rings is 1. The lowest BCUT2D eigenvalue weighted by Gasteiger charge is -2.13. The van der Waals surface area contributed by atoms with Gasteiger partial charge in [0.1, 0.15) is 11.2 Å². The number of benzene rings is 4. The number of rotatable bonds is 3. The molecule has 4 aromatic heterocycles. The number of fused-ring (bicyclic) bond motifs is 7. The molecule has 9 rings (SSSR count). The van der Waals surface area contributed by atoms with Crippen LogP contribution in [0.15, 0.2) is 121 Å². The fourth-order valence-corrected chi connectivity index (χ4v) is 6.28. The van der Waals surface area contributed by atoms with Gasteiger partial charge < -0.3 is 0 Å². The van der Waals surface area contributed by atoms with E-state index in [1.165, 1.54) is 16.3 Å². The highest BCUT2D eigenvalue weighted by Gasteiger charge is 2.21. The lowest BCUT2D eigenvalue weighted by atomic mass is 9.98. The minimum absolute atomic E-state index is 0.698. The van der Waals surface area contributed by atoms with E-state index in [4.69, 9.17) is 19.9 Å². The van der Waals surface area contributed by atoms with E-state index < -0.39 is 0 Å². The second kappa shape index (κ2) is 8.91. The Bertz CT molecular complexity index is 2390. The third-order valence-corrected chi connectivity index (χ3v) is 8.24. The molecule has 0 N–H and O–H groups in total. The Kier molecular flexibility index (Phi) is 4.90. The lowest BCUT2D eigenvalue weighted by Crippen LogP contribution is -1.98. The Morgan fingerprint density at radius 3 is 2.40 bits per heavy atom. The molecule has 0 atom stereocenters. The van der Waals surface area contributed by atoms with E-state index in [2.05, 4.69) is 101 Å². The van der Waals surface area contributed by atoms with Gasteiger partial charge in [0.2, 0.25) is 0 Å². The molecule has 4 heterocycles. The molecule has 0 saturated heterocycles. The minimum atomic E-state index is 0.698. The first-order valence-electron chi connectivity index (χ1n) is 14.1. The average molecular weight is 538 g/mol. The molecule has 5 nitrogen and oxygen atoms in total. The van der Waals surface area contributed by atoms with Crippen molar-refractivity contribution in [2.24, 2.45) is 0 Å². The predicted molar refractivity (Wildman–Crippen MR) is 170 cm³/mol. The van der Waals surface area contributed by atoms with Crippen molar-refractivity contribution in [3.8, 4) is 33.9 Å². The van der Waals surface area contributed by atoms with Gasteiger partial charge in [-0.25, -0.2) is 19.9 Å². The molecule has 1 aliphatic rings. The Morgan fingerprint density at radius 1 is 0.619 bits per heavy atom. The molecule has 8 aromatic rings. The van der Waals surface area contributed by atoms with Crippen LogP contribution in [0.3, 0.4) is 0 Å². The monoisotopic (exact) mass is 537 g/mol. The van der Waals surface area contributed by atoms with Gasteiger partial charge in [-0.05, 0) is 47.0 Å². The number of hydrogen-bond acceptors (Lipinski definition) is 4. The third kappa shape index (κ3) is 3.44. The van der Waals surface area contributed by atoms with E-state index in [0.717, 1.165) is 67.8 Å². The first-order valence-corrected chi connectivity index (χ1v) is 14.1. The Hall–Kier alpha value is -5.68. The van der Waals surface area contributed by atoms with Gasteiger partial charge >= 0.3 is 0 Å². The maximum absolute atomic E-state index is 5.22. The number of para-hydroxylation sites is 1. The molecule has 1 aliphatic carbocycles. The van der Waals surface area contributed by atoms with Gasteiger partial charge in [-0.3, -0.25) is 4.40 Å². The van der Waals surface area contributed by atoms with Crippen LogP contribution in [0, 0.1) is 0 Å². The molecule has 0 aliphatic heterocycles. The van der Waals surface area contributed by atoms with Crippen LogP contribution in [0.5, 0.6) is 0 Å². The van der Waals surface area contributed by atoms with Crippen LogP contribution in [0.1, 0.15) is 11.1 Å². The van der Waals surface area contributed by atoms with Crippen molar-refractivity contribution in [1.82, 2.24) is 24.3 Å². The minimum Gasteiger partial charge on any atom is -0.284 e. The zero-order valence-electron chi connectivity index (χ0n) is 22.6. The molecular formula is C37H23N5. The highest BCUT2D eigenvalue weighted by molar-refractivity contribution is 6.03. The van der Waals surface area contributed by atoms with E-state index in [9.17, 15) is 0 Å². The van der Waals surface area contributed by atoms with Gasteiger partial charge in [-0.1, -0.05) is 97.1 Å². The summed E-state index contributed by atoms with van der Waals surface area (Å²) in [5, 5.41) is 3.41. The molecule has 0 saturated carbocycles. The first-order chi connectivity index (χ1) is 20.8. The van der Waals surface area contributed by atoms with Crippen molar-refractivity contribution in [3.63, 3.8) is 0 Å². The zero-order valence-corrected chi connectivity index (χ0v) is 22.6. The molecular weight excluding hydrogens is 514 g/mol. The second-order valence-electron chi connectivity index (χ2n) is 10.7. The Labute approximate surface area is 241 Å². The van der Waals surface area contributed by atoms with Crippen LogP contribution >= 0.6 is 0 Å². The molecule has 0 bridgehead atoms. The molecule has 0 radical (unpaired) electrons. The maximum atomic E-state index is 5.22. The van der Waals surface area contributed by atoms with Crippen LogP contribution < -0.4 is 0 Å². The standard InChI is InChI=1S/C37H23N5/c1-2-14-26-23(10-1)11-8-16-27(26)34-30-15-3-4-19-31(30)38-36(40-34)25-13-7-12-24(22-25)33-28-17-9-18-29(28)35-37(41-33)42-21-6-5-20-32(42)39-35/h1-16,18-22H,17H2. The SMILES string of the molecule is C1=Cc2c(c(-c3cccc(-c4nc(-c5cccc6ccccc56)c5ccccc5n4)c3)nc3c2nc2ccccn23)C1. The van der Waals surface area contributed by atoms with Crippen LogP contribution in [0.2, 0.25) is 0 Å². The van der Waals surface area contributed by atoms with Gasteiger partial charge in [0.15, 0.2) is 11.5 Å². The number of aromatic nitrogens is 5. The largest absolute Gasteiger partial charge is 0.284 e. The summed E-state index contributed by atoms with van der Waals surface area (Å²) in [6, 6.07) is 37.7. The van der Waals surface area contributed by atoms with Crippen molar-refractivity contribution in [1.29, 1.82) is 0 Å². The third-order valence-electron chi connectivity index (χ3n) is 8.24. The average Bonchev–Trinajstić information content (AvgIpc) is 3.69. The number of nitrogens with zero attached hydrogens (tertiary/aromatic N) is 5. The van der Waals surface area contributed by atoms with Gasteiger partial charge in [0, 0.05) is 33.8 Å². The topological polar surface area (TPSA) is 56.0 Å². The van der Waals surface area contributed by atoms with Gasteiger partial charge in [-0.2, -0.15) is 0 Å². The molecule has 0 fully saturated rings. The van der Waals surface area contributed by atoms with Crippen molar-refractivity contribution in [2.75, 3.05) is 0 Å². The lowest BCUT2D eigenvalue weighted by molar-refractivity contribution is 1.17. The highest BCUT2D eigenvalue weighted by atomic mass is 15.1. The fourth-order valence-electron chi connectivity index (χ4n) is 6.28. The van der Waals surface area contributed by atoms with E-state index >= 15 is 0 Å². The molecule has 196 valence electrons. The summed E-state index contributed by atoms with van der Waals surface area (Å²) in [6.45, 7) is 0. The summed E-state index contributed by atoms with van der Waals surface area (Å²) < 4.78 is 2.07. The zero-order chi connectivity index (χ0) is 27.6. The summed E-state index contributed by atoms with van der Waals surface area (Å²) in [4.78, 5) is 20.4. The van der Waals surface area contributed by atoms with Gasteiger partial charge in [0.05, 0.1) is 16.9 Å². The van der Waals surface area contributed by atoms with Crippen molar-refractivity contribution in [3.05, 3.63) is 133 Å². The normalized spacial score (nSPS) is 12.6. The fraction of sp³-hybridized carbons (Fsp3) is 0.0270. The second-order valence-corrected chi connectivity index (χ2v) is 10.7. The van der Waals surface area contributed by atoms with E-state index in [1.54, 1.807) is 0 Å². The molecule has 5 heteroatoms.